The van der Waals surface area contributed by atoms with E-state index in [1.165, 1.54) is 5.56 Å². The van der Waals surface area contributed by atoms with Gasteiger partial charge in [-0.25, -0.2) is 9.67 Å². The summed E-state index contributed by atoms with van der Waals surface area (Å²) in [7, 11) is 1.70. The second kappa shape index (κ2) is 6.72. The lowest BCUT2D eigenvalue weighted by Gasteiger charge is -2.16. The first kappa shape index (κ1) is 15.5. The van der Waals surface area contributed by atoms with Crippen molar-refractivity contribution in [2.75, 3.05) is 13.7 Å². The SMILES string of the molecule is CCNC(C)c1ccc(OC)c(Cn2nc(C)nc2C)c1. The monoisotopic (exact) mass is 288 g/mol. The van der Waals surface area contributed by atoms with E-state index in [9.17, 15) is 0 Å². The molecule has 1 aromatic heterocycles. The zero-order valence-corrected chi connectivity index (χ0v) is 13.5. The predicted molar refractivity (Wildman–Crippen MR) is 83.7 cm³/mol. The van der Waals surface area contributed by atoms with Crippen molar-refractivity contribution in [1.82, 2.24) is 20.1 Å². The Labute approximate surface area is 126 Å². The lowest BCUT2D eigenvalue weighted by atomic mass is 10.0. The molecule has 21 heavy (non-hydrogen) atoms. The van der Waals surface area contributed by atoms with Crippen LogP contribution in [0.25, 0.3) is 0 Å². The van der Waals surface area contributed by atoms with Crippen LogP contribution in [-0.2, 0) is 6.54 Å². The standard InChI is InChI=1S/C16H24N4O/c1-6-17-11(2)14-7-8-16(21-5)15(9-14)10-20-13(4)18-12(3)19-20/h7-9,11,17H,6,10H2,1-5H3. The van der Waals surface area contributed by atoms with Crippen molar-refractivity contribution in [2.45, 2.75) is 40.3 Å². The van der Waals surface area contributed by atoms with Crippen molar-refractivity contribution in [1.29, 1.82) is 0 Å². The molecule has 5 nitrogen and oxygen atoms in total. The van der Waals surface area contributed by atoms with Crippen molar-refractivity contribution >= 4 is 0 Å². The van der Waals surface area contributed by atoms with E-state index in [0.717, 1.165) is 29.5 Å². The van der Waals surface area contributed by atoms with Crippen LogP contribution in [0.4, 0.5) is 0 Å². The Morgan fingerprint density at radius 1 is 1.33 bits per heavy atom. The van der Waals surface area contributed by atoms with Gasteiger partial charge in [-0.05, 0) is 45.0 Å². The van der Waals surface area contributed by atoms with E-state index in [4.69, 9.17) is 4.74 Å². The largest absolute Gasteiger partial charge is 0.496 e. The fraction of sp³-hybridized carbons (Fsp3) is 0.500. The molecule has 1 aromatic carbocycles. The van der Waals surface area contributed by atoms with Crippen LogP contribution in [0.15, 0.2) is 18.2 Å². The number of benzene rings is 1. The van der Waals surface area contributed by atoms with Crippen LogP contribution >= 0.6 is 0 Å². The van der Waals surface area contributed by atoms with E-state index in [-0.39, 0.29) is 0 Å². The zero-order valence-electron chi connectivity index (χ0n) is 13.5. The summed E-state index contributed by atoms with van der Waals surface area (Å²) >= 11 is 0. The van der Waals surface area contributed by atoms with Gasteiger partial charge in [0.15, 0.2) is 0 Å². The molecule has 0 fully saturated rings. The number of methoxy groups -OCH3 is 1. The molecule has 114 valence electrons. The molecule has 0 radical (unpaired) electrons. The average molecular weight is 288 g/mol. The summed E-state index contributed by atoms with van der Waals surface area (Å²) in [5.74, 6) is 2.60. The Hall–Kier alpha value is -1.88. The average Bonchev–Trinajstić information content (AvgIpc) is 2.77. The number of aryl methyl sites for hydroxylation is 2. The molecule has 1 N–H and O–H groups in total. The van der Waals surface area contributed by atoms with Crippen LogP contribution < -0.4 is 10.1 Å². The fourth-order valence-electron chi connectivity index (χ4n) is 2.49. The molecule has 0 saturated carbocycles. The van der Waals surface area contributed by atoms with Gasteiger partial charge in [0.25, 0.3) is 0 Å². The summed E-state index contributed by atoms with van der Waals surface area (Å²) in [6.07, 6.45) is 0. The van der Waals surface area contributed by atoms with Crippen molar-refractivity contribution < 1.29 is 4.74 Å². The number of ether oxygens (including phenoxy) is 1. The summed E-state index contributed by atoms with van der Waals surface area (Å²) in [5, 5.41) is 7.86. The molecule has 5 heteroatoms. The molecular weight excluding hydrogens is 264 g/mol. The summed E-state index contributed by atoms with van der Waals surface area (Å²) < 4.78 is 7.39. The van der Waals surface area contributed by atoms with Crippen molar-refractivity contribution in [3.8, 4) is 5.75 Å². The van der Waals surface area contributed by atoms with Crippen LogP contribution in [0.3, 0.4) is 0 Å². The minimum atomic E-state index is 0.318. The molecule has 0 aliphatic heterocycles. The molecule has 0 bridgehead atoms. The second-order valence-corrected chi connectivity index (χ2v) is 5.21. The van der Waals surface area contributed by atoms with Gasteiger partial charge in [0.2, 0.25) is 0 Å². The smallest absolute Gasteiger partial charge is 0.147 e. The first-order chi connectivity index (χ1) is 10.0. The predicted octanol–water partition coefficient (Wildman–Crippen LogP) is 2.62. The molecule has 0 aliphatic rings. The number of hydrogen-bond donors (Lipinski definition) is 1. The van der Waals surface area contributed by atoms with Crippen molar-refractivity contribution in [2.24, 2.45) is 0 Å². The highest BCUT2D eigenvalue weighted by molar-refractivity contribution is 5.38. The van der Waals surface area contributed by atoms with E-state index in [2.05, 4.69) is 41.4 Å². The van der Waals surface area contributed by atoms with Gasteiger partial charge in [-0.3, -0.25) is 0 Å². The van der Waals surface area contributed by atoms with Gasteiger partial charge < -0.3 is 10.1 Å². The van der Waals surface area contributed by atoms with E-state index in [1.807, 2.05) is 24.6 Å². The molecule has 0 spiro atoms. The first-order valence-corrected chi connectivity index (χ1v) is 7.33. The van der Waals surface area contributed by atoms with Gasteiger partial charge in [-0.1, -0.05) is 13.0 Å². The number of nitrogens with zero attached hydrogens (tertiary/aromatic N) is 3. The molecule has 2 aromatic rings. The summed E-state index contributed by atoms with van der Waals surface area (Å²) in [6.45, 7) is 9.77. The molecule has 0 saturated heterocycles. The maximum absolute atomic E-state index is 5.48. The normalized spacial score (nSPS) is 12.4. The van der Waals surface area contributed by atoms with E-state index >= 15 is 0 Å². The van der Waals surface area contributed by atoms with Crippen LogP contribution in [0, 0.1) is 13.8 Å². The molecule has 1 unspecified atom stereocenters. The third-order valence-corrected chi connectivity index (χ3v) is 3.60. The molecule has 0 aliphatic carbocycles. The molecule has 0 amide bonds. The number of aromatic nitrogens is 3. The van der Waals surface area contributed by atoms with E-state index in [1.54, 1.807) is 7.11 Å². The highest BCUT2D eigenvalue weighted by atomic mass is 16.5. The highest BCUT2D eigenvalue weighted by Crippen LogP contribution is 2.24. The minimum Gasteiger partial charge on any atom is -0.496 e. The second-order valence-electron chi connectivity index (χ2n) is 5.21. The fourth-order valence-corrected chi connectivity index (χ4v) is 2.49. The first-order valence-electron chi connectivity index (χ1n) is 7.33. The van der Waals surface area contributed by atoms with Crippen LogP contribution in [0.5, 0.6) is 5.75 Å². The van der Waals surface area contributed by atoms with E-state index in [0.29, 0.717) is 12.6 Å². The lowest BCUT2D eigenvalue weighted by Crippen LogP contribution is -2.18. The maximum atomic E-state index is 5.48. The zero-order chi connectivity index (χ0) is 15.4. The molecular formula is C16H24N4O. The van der Waals surface area contributed by atoms with Crippen molar-refractivity contribution in [3.05, 3.63) is 41.0 Å². The van der Waals surface area contributed by atoms with Gasteiger partial charge in [-0.15, -0.1) is 0 Å². The topological polar surface area (TPSA) is 52.0 Å². The third-order valence-electron chi connectivity index (χ3n) is 3.60. The summed E-state index contributed by atoms with van der Waals surface area (Å²) in [6, 6.07) is 6.63. The van der Waals surface area contributed by atoms with Crippen LogP contribution in [0.1, 0.15) is 42.7 Å². The quantitative estimate of drug-likeness (QED) is 0.888. The highest BCUT2D eigenvalue weighted by Gasteiger charge is 2.11. The molecule has 1 atom stereocenters. The van der Waals surface area contributed by atoms with Gasteiger partial charge in [0.1, 0.15) is 17.4 Å². The number of nitrogens with one attached hydrogen (secondary N) is 1. The number of rotatable bonds is 6. The van der Waals surface area contributed by atoms with Crippen LogP contribution in [-0.4, -0.2) is 28.4 Å². The van der Waals surface area contributed by atoms with Gasteiger partial charge >= 0.3 is 0 Å². The summed E-state index contributed by atoms with van der Waals surface area (Å²) in [5.41, 5.74) is 2.37. The Bertz CT molecular complexity index is 606. The lowest BCUT2D eigenvalue weighted by molar-refractivity contribution is 0.406. The Kier molecular flexibility index (Phi) is 4.96. The van der Waals surface area contributed by atoms with Crippen LogP contribution in [0.2, 0.25) is 0 Å². The van der Waals surface area contributed by atoms with Gasteiger partial charge in [0.05, 0.1) is 13.7 Å². The number of hydrogen-bond acceptors (Lipinski definition) is 4. The molecule has 1 heterocycles. The maximum Gasteiger partial charge on any atom is 0.147 e. The van der Waals surface area contributed by atoms with Crippen molar-refractivity contribution in [3.63, 3.8) is 0 Å². The Morgan fingerprint density at radius 3 is 2.67 bits per heavy atom. The third kappa shape index (κ3) is 3.61. The summed E-state index contributed by atoms with van der Waals surface area (Å²) in [4.78, 5) is 4.35. The van der Waals surface area contributed by atoms with E-state index < -0.39 is 0 Å². The Balaban J connectivity index is 2.31. The molecule has 2 rings (SSSR count). The van der Waals surface area contributed by atoms with Gasteiger partial charge in [-0.2, -0.15) is 5.10 Å². The minimum absolute atomic E-state index is 0.318. The Morgan fingerprint density at radius 2 is 2.10 bits per heavy atom. The van der Waals surface area contributed by atoms with Gasteiger partial charge in [0, 0.05) is 11.6 Å².